The molecule has 1 aromatic carbocycles. The second kappa shape index (κ2) is 7.99. The molecule has 2 aromatic heterocycles. The molecule has 0 saturated heterocycles. The number of aromatic nitrogens is 2. The second-order valence-corrected chi connectivity index (χ2v) is 7.69. The largest absolute Gasteiger partial charge is 0.468 e. The van der Waals surface area contributed by atoms with Crippen molar-refractivity contribution in [1.82, 2.24) is 14.9 Å². The summed E-state index contributed by atoms with van der Waals surface area (Å²) >= 11 is 1.75. The van der Waals surface area contributed by atoms with Crippen molar-refractivity contribution in [2.75, 3.05) is 12.3 Å². The van der Waals surface area contributed by atoms with E-state index in [1.807, 2.05) is 30.3 Å². The number of carbonyl (C=O) groups excluding carboxylic acids is 1. The fourth-order valence-electron chi connectivity index (χ4n) is 3.40. The molecule has 3 heterocycles. The third-order valence-corrected chi connectivity index (χ3v) is 5.71. The molecule has 0 atom stereocenters. The number of nitrogens with zero attached hydrogens (tertiary/aromatic N) is 2. The van der Waals surface area contributed by atoms with E-state index in [-0.39, 0.29) is 5.91 Å². The maximum atomic E-state index is 12.4. The van der Waals surface area contributed by atoms with Crippen LogP contribution >= 0.6 is 11.8 Å². The maximum Gasteiger partial charge on any atom is 0.251 e. The van der Waals surface area contributed by atoms with E-state index >= 15 is 0 Å². The van der Waals surface area contributed by atoms with E-state index in [4.69, 9.17) is 9.40 Å². The molecule has 1 aliphatic rings. The Morgan fingerprint density at radius 2 is 2.23 bits per heavy atom. The average molecular weight is 369 g/mol. The lowest BCUT2D eigenvalue weighted by molar-refractivity contribution is 0.0956. The van der Waals surface area contributed by atoms with Gasteiger partial charge in [0.1, 0.15) is 11.6 Å². The minimum atomic E-state index is -0.0336. The Morgan fingerprint density at radius 3 is 3.12 bits per heavy atom. The third-order valence-electron chi connectivity index (χ3n) is 4.73. The highest BCUT2D eigenvalue weighted by atomic mass is 32.2. The van der Waals surface area contributed by atoms with Gasteiger partial charge in [-0.1, -0.05) is 6.42 Å². The number of amides is 1. The summed E-state index contributed by atoms with van der Waals surface area (Å²) in [4.78, 5) is 17.2. The number of rotatable bonds is 6. The summed E-state index contributed by atoms with van der Waals surface area (Å²) in [6.45, 7) is 1.67. The van der Waals surface area contributed by atoms with Crippen LogP contribution in [0, 0.1) is 0 Å². The standard InChI is InChI=1S/C20H23N3O2S/c24-20(21-9-12-26-14-16-5-4-11-25-16)15-7-8-18-17(13-15)22-19-6-2-1-3-10-23(18)19/h4-5,7-8,11,13H,1-3,6,9-10,12,14H2,(H,21,24). The van der Waals surface area contributed by atoms with Gasteiger partial charge in [0.15, 0.2) is 0 Å². The SMILES string of the molecule is O=C(NCCSCc1ccco1)c1ccc2c(c1)nc1n2CCCCC1. The Morgan fingerprint density at radius 1 is 1.27 bits per heavy atom. The van der Waals surface area contributed by atoms with Crippen LogP contribution in [0.1, 0.15) is 41.2 Å². The van der Waals surface area contributed by atoms with Gasteiger partial charge in [0.25, 0.3) is 5.91 Å². The Balaban J connectivity index is 1.34. The summed E-state index contributed by atoms with van der Waals surface area (Å²) in [7, 11) is 0. The van der Waals surface area contributed by atoms with Crippen LogP contribution in [0.4, 0.5) is 0 Å². The van der Waals surface area contributed by atoms with Gasteiger partial charge in [0, 0.05) is 30.8 Å². The molecule has 0 bridgehead atoms. The minimum Gasteiger partial charge on any atom is -0.468 e. The first-order valence-electron chi connectivity index (χ1n) is 9.19. The zero-order chi connectivity index (χ0) is 17.8. The van der Waals surface area contributed by atoms with Crippen molar-refractivity contribution >= 4 is 28.7 Å². The lowest BCUT2D eigenvalue weighted by Gasteiger charge is -2.06. The van der Waals surface area contributed by atoms with Gasteiger partial charge in [-0.15, -0.1) is 0 Å². The maximum absolute atomic E-state index is 12.4. The van der Waals surface area contributed by atoms with E-state index in [2.05, 4.69) is 9.88 Å². The molecule has 136 valence electrons. The van der Waals surface area contributed by atoms with Gasteiger partial charge in [-0.3, -0.25) is 4.79 Å². The summed E-state index contributed by atoms with van der Waals surface area (Å²) < 4.78 is 7.61. The van der Waals surface area contributed by atoms with E-state index < -0.39 is 0 Å². The summed E-state index contributed by atoms with van der Waals surface area (Å²) in [6.07, 6.45) is 6.39. The lowest BCUT2D eigenvalue weighted by Crippen LogP contribution is -2.25. The van der Waals surface area contributed by atoms with E-state index in [0.717, 1.165) is 47.1 Å². The van der Waals surface area contributed by atoms with Crippen LogP contribution in [0.25, 0.3) is 11.0 Å². The summed E-state index contributed by atoms with van der Waals surface area (Å²) in [5.74, 6) is 3.77. The molecule has 0 fully saturated rings. The molecule has 1 amide bonds. The fraction of sp³-hybridized carbons (Fsp3) is 0.400. The number of hydrogen-bond donors (Lipinski definition) is 1. The number of imidazole rings is 1. The molecule has 1 N–H and O–H groups in total. The molecule has 1 aliphatic heterocycles. The second-order valence-electron chi connectivity index (χ2n) is 6.58. The van der Waals surface area contributed by atoms with Gasteiger partial charge in [0.2, 0.25) is 0 Å². The number of furan rings is 1. The first-order valence-corrected chi connectivity index (χ1v) is 10.3. The Labute approximate surface area is 157 Å². The van der Waals surface area contributed by atoms with E-state index in [9.17, 15) is 4.79 Å². The number of hydrogen-bond acceptors (Lipinski definition) is 4. The molecule has 3 aromatic rings. The summed E-state index contributed by atoms with van der Waals surface area (Å²) in [5, 5.41) is 2.99. The smallest absolute Gasteiger partial charge is 0.251 e. The van der Waals surface area contributed by atoms with Gasteiger partial charge in [-0.25, -0.2) is 4.98 Å². The van der Waals surface area contributed by atoms with Crippen molar-refractivity contribution in [3.8, 4) is 0 Å². The molecule has 4 rings (SSSR count). The van der Waals surface area contributed by atoms with Crippen molar-refractivity contribution in [3.05, 3.63) is 53.7 Å². The molecule has 0 spiro atoms. The molecular formula is C20H23N3O2S. The molecule has 0 aliphatic carbocycles. The van der Waals surface area contributed by atoms with Crippen LogP contribution in [-0.2, 0) is 18.7 Å². The number of carbonyl (C=O) groups is 1. The van der Waals surface area contributed by atoms with Crippen molar-refractivity contribution in [2.45, 2.75) is 38.0 Å². The van der Waals surface area contributed by atoms with Crippen LogP contribution in [0.5, 0.6) is 0 Å². The normalized spacial score (nSPS) is 14.2. The van der Waals surface area contributed by atoms with Gasteiger partial charge >= 0.3 is 0 Å². The number of thioether (sulfide) groups is 1. The molecular weight excluding hydrogens is 346 g/mol. The van der Waals surface area contributed by atoms with Crippen LogP contribution in [-0.4, -0.2) is 27.8 Å². The van der Waals surface area contributed by atoms with Gasteiger partial charge in [-0.05, 0) is 43.2 Å². The van der Waals surface area contributed by atoms with E-state index in [1.165, 1.54) is 19.3 Å². The molecule has 5 nitrogen and oxygen atoms in total. The molecule has 0 unspecified atom stereocenters. The van der Waals surface area contributed by atoms with Crippen LogP contribution < -0.4 is 5.32 Å². The van der Waals surface area contributed by atoms with Gasteiger partial charge < -0.3 is 14.3 Å². The monoisotopic (exact) mass is 369 g/mol. The zero-order valence-corrected chi connectivity index (χ0v) is 15.6. The van der Waals surface area contributed by atoms with Gasteiger partial charge in [-0.2, -0.15) is 11.8 Å². The van der Waals surface area contributed by atoms with E-state index in [0.29, 0.717) is 12.1 Å². The first-order chi connectivity index (χ1) is 12.8. The highest BCUT2D eigenvalue weighted by Crippen LogP contribution is 2.23. The average Bonchev–Trinajstić information content (AvgIpc) is 3.22. The minimum absolute atomic E-state index is 0.0336. The Hall–Kier alpha value is -2.21. The summed E-state index contributed by atoms with van der Waals surface area (Å²) in [5.41, 5.74) is 2.76. The highest BCUT2D eigenvalue weighted by Gasteiger charge is 2.15. The number of fused-ring (bicyclic) bond motifs is 3. The molecule has 0 saturated carbocycles. The van der Waals surface area contributed by atoms with E-state index in [1.54, 1.807) is 18.0 Å². The molecule has 6 heteroatoms. The molecule has 26 heavy (non-hydrogen) atoms. The van der Waals surface area contributed by atoms with Crippen molar-refractivity contribution in [3.63, 3.8) is 0 Å². The van der Waals surface area contributed by atoms with Gasteiger partial charge in [0.05, 0.1) is 23.0 Å². The first kappa shape index (κ1) is 17.2. The predicted octanol–water partition coefficient (Wildman–Crippen LogP) is 4.02. The predicted molar refractivity (Wildman–Crippen MR) is 104 cm³/mol. The molecule has 0 radical (unpaired) electrons. The topological polar surface area (TPSA) is 60.1 Å². The number of aryl methyl sites for hydroxylation is 2. The van der Waals surface area contributed by atoms with Crippen LogP contribution in [0.2, 0.25) is 0 Å². The highest BCUT2D eigenvalue weighted by molar-refractivity contribution is 7.98. The van der Waals surface area contributed by atoms with Crippen LogP contribution in [0.3, 0.4) is 0 Å². The Kier molecular flexibility index (Phi) is 5.29. The lowest BCUT2D eigenvalue weighted by atomic mass is 10.2. The quantitative estimate of drug-likeness (QED) is 0.667. The third kappa shape index (κ3) is 3.80. The van der Waals surface area contributed by atoms with Crippen molar-refractivity contribution < 1.29 is 9.21 Å². The number of benzene rings is 1. The van der Waals surface area contributed by atoms with Crippen LogP contribution in [0.15, 0.2) is 41.0 Å². The van der Waals surface area contributed by atoms with Crippen molar-refractivity contribution in [2.24, 2.45) is 0 Å². The Bertz CT molecular complexity index is 886. The fourth-order valence-corrected chi connectivity index (χ4v) is 4.15. The van der Waals surface area contributed by atoms with Crippen molar-refractivity contribution in [1.29, 1.82) is 0 Å². The number of nitrogens with one attached hydrogen (secondary N) is 1. The summed E-state index contributed by atoms with van der Waals surface area (Å²) in [6, 6.07) is 9.73. The zero-order valence-electron chi connectivity index (χ0n) is 14.7.